The van der Waals surface area contributed by atoms with Gasteiger partial charge in [-0.3, -0.25) is 4.79 Å². The molecule has 0 heterocycles. The average molecular weight is 196 g/mol. The topological polar surface area (TPSA) is 77.8 Å². The van der Waals surface area contributed by atoms with Gasteiger partial charge in [0.2, 0.25) is 0 Å². The predicted octanol–water partition coefficient (Wildman–Crippen LogP) is 1.64. The van der Waals surface area contributed by atoms with Crippen LogP contribution in [0.3, 0.4) is 0 Å². The van der Waals surface area contributed by atoms with Gasteiger partial charge in [-0.15, -0.1) is 0 Å². The van der Waals surface area contributed by atoms with Crippen molar-refractivity contribution in [3.63, 3.8) is 0 Å². The normalized spacial score (nSPS) is 10.5. The van der Waals surface area contributed by atoms with Gasteiger partial charge < -0.3 is 15.3 Å². The summed E-state index contributed by atoms with van der Waals surface area (Å²) in [6.07, 6.45) is 0. The molecule has 0 aromatic heterocycles. The highest BCUT2D eigenvalue weighted by atomic mass is 16.3. The Balaban J connectivity index is 3.22. The van der Waals surface area contributed by atoms with Crippen molar-refractivity contribution >= 4 is 5.78 Å². The van der Waals surface area contributed by atoms with Crippen LogP contribution in [0.1, 0.15) is 24.2 Å². The summed E-state index contributed by atoms with van der Waals surface area (Å²) in [6.45, 7) is 3.37. The lowest BCUT2D eigenvalue weighted by Crippen LogP contribution is -2.07. The van der Waals surface area contributed by atoms with Crippen LogP contribution in [-0.4, -0.2) is 21.1 Å². The highest BCUT2D eigenvalue weighted by Gasteiger charge is 2.17. The van der Waals surface area contributed by atoms with Gasteiger partial charge in [0.25, 0.3) is 0 Å². The van der Waals surface area contributed by atoms with Crippen molar-refractivity contribution < 1.29 is 20.1 Å². The molecular formula is C10H12O4. The first-order chi connectivity index (χ1) is 6.43. The fraction of sp³-hybridized carbons (Fsp3) is 0.300. The van der Waals surface area contributed by atoms with Crippen molar-refractivity contribution in [2.45, 2.75) is 13.8 Å². The zero-order valence-electron chi connectivity index (χ0n) is 7.98. The summed E-state index contributed by atoms with van der Waals surface area (Å²) >= 11 is 0. The molecule has 0 aliphatic rings. The first kappa shape index (κ1) is 10.4. The zero-order chi connectivity index (χ0) is 10.9. The standard InChI is InChI=1S/C10H12O4/c1-5(2)10(14)6-3-8(12)9(13)4-7(6)11/h3-5,11-13H,1-2H3. The first-order valence-corrected chi connectivity index (χ1v) is 4.22. The van der Waals surface area contributed by atoms with E-state index in [1.54, 1.807) is 13.8 Å². The number of carbonyl (C=O) groups excluding carboxylic acids is 1. The molecule has 0 saturated heterocycles. The second-order valence-electron chi connectivity index (χ2n) is 3.38. The molecular weight excluding hydrogens is 184 g/mol. The number of benzene rings is 1. The summed E-state index contributed by atoms with van der Waals surface area (Å²) in [5.74, 6) is -1.73. The lowest BCUT2D eigenvalue weighted by atomic mass is 10.00. The number of phenolic OH excluding ortho intramolecular Hbond substituents is 3. The van der Waals surface area contributed by atoms with Crippen LogP contribution in [0, 0.1) is 5.92 Å². The van der Waals surface area contributed by atoms with Gasteiger partial charge in [0.15, 0.2) is 17.3 Å². The van der Waals surface area contributed by atoms with Crippen LogP contribution in [-0.2, 0) is 0 Å². The Morgan fingerprint density at radius 1 is 1.07 bits per heavy atom. The molecule has 4 heteroatoms. The van der Waals surface area contributed by atoms with Gasteiger partial charge in [0.05, 0.1) is 5.56 Å². The molecule has 1 aromatic rings. The van der Waals surface area contributed by atoms with Crippen LogP contribution in [0.25, 0.3) is 0 Å². The second kappa shape index (κ2) is 3.57. The predicted molar refractivity (Wildman–Crippen MR) is 50.6 cm³/mol. The van der Waals surface area contributed by atoms with Gasteiger partial charge in [-0.1, -0.05) is 13.8 Å². The van der Waals surface area contributed by atoms with E-state index >= 15 is 0 Å². The minimum Gasteiger partial charge on any atom is -0.507 e. The van der Waals surface area contributed by atoms with Gasteiger partial charge in [-0.05, 0) is 6.07 Å². The van der Waals surface area contributed by atoms with E-state index in [4.69, 9.17) is 10.2 Å². The summed E-state index contributed by atoms with van der Waals surface area (Å²) in [5.41, 5.74) is 0.0234. The Morgan fingerprint density at radius 3 is 2.07 bits per heavy atom. The summed E-state index contributed by atoms with van der Waals surface area (Å²) in [4.78, 5) is 11.5. The lowest BCUT2D eigenvalue weighted by Gasteiger charge is -2.07. The molecule has 0 aliphatic heterocycles. The highest BCUT2D eigenvalue weighted by Crippen LogP contribution is 2.33. The van der Waals surface area contributed by atoms with E-state index in [0.717, 1.165) is 12.1 Å². The second-order valence-corrected chi connectivity index (χ2v) is 3.38. The largest absolute Gasteiger partial charge is 0.507 e. The van der Waals surface area contributed by atoms with Crippen molar-refractivity contribution in [3.05, 3.63) is 17.7 Å². The van der Waals surface area contributed by atoms with E-state index in [2.05, 4.69) is 0 Å². The van der Waals surface area contributed by atoms with Crippen LogP contribution < -0.4 is 0 Å². The summed E-state index contributed by atoms with van der Waals surface area (Å²) in [7, 11) is 0. The molecule has 0 aliphatic carbocycles. The zero-order valence-corrected chi connectivity index (χ0v) is 7.98. The molecule has 1 aromatic carbocycles. The molecule has 0 amide bonds. The SMILES string of the molecule is CC(C)C(=O)c1cc(O)c(O)cc1O. The molecule has 0 atom stereocenters. The monoisotopic (exact) mass is 196 g/mol. The van der Waals surface area contributed by atoms with E-state index in [1.165, 1.54) is 0 Å². The van der Waals surface area contributed by atoms with Crippen molar-refractivity contribution in [1.82, 2.24) is 0 Å². The Kier molecular flexibility index (Phi) is 2.65. The fourth-order valence-electron chi connectivity index (χ4n) is 1.07. The molecule has 0 unspecified atom stereocenters. The number of ketones is 1. The van der Waals surface area contributed by atoms with E-state index in [9.17, 15) is 9.90 Å². The third kappa shape index (κ3) is 1.79. The summed E-state index contributed by atoms with van der Waals surface area (Å²) in [6, 6.07) is 2.01. The number of hydrogen-bond donors (Lipinski definition) is 3. The fourth-order valence-corrected chi connectivity index (χ4v) is 1.07. The lowest BCUT2D eigenvalue weighted by molar-refractivity contribution is 0.0936. The molecule has 0 bridgehead atoms. The Bertz CT molecular complexity index is 369. The van der Waals surface area contributed by atoms with Gasteiger partial charge in [-0.2, -0.15) is 0 Å². The van der Waals surface area contributed by atoms with Crippen LogP contribution in [0.15, 0.2) is 12.1 Å². The summed E-state index contributed by atoms with van der Waals surface area (Å²) < 4.78 is 0. The van der Waals surface area contributed by atoms with Crippen LogP contribution in [0.2, 0.25) is 0 Å². The number of phenols is 3. The van der Waals surface area contributed by atoms with E-state index in [1.807, 2.05) is 0 Å². The Labute approximate surface area is 81.4 Å². The number of carbonyl (C=O) groups is 1. The van der Waals surface area contributed by atoms with E-state index in [-0.39, 0.29) is 23.0 Å². The van der Waals surface area contributed by atoms with Crippen LogP contribution >= 0.6 is 0 Å². The highest BCUT2D eigenvalue weighted by molar-refractivity contribution is 6.00. The number of rotatable bonds is 2. The van der Waals surface area contributed by atoms with Gasteiger partial charge >= 0.3 is 0 Å². The van der Waals surface area contributed by atoms with Gasteiger partial charge in [0, 0.05) is 12.0 Å². The van der Waals surface area contributed by atoms with Crippen molar-refractivity contribution in [2.75, 3.05) is 0 Å². The quantitative estimate of drug-likeness (QED) is 0.381. The van der Waals surface area contributed by atoms with E-state index in [0.29, 0.717) is 0 Å². The van der Waals surface area contributed by atoms with Crippen molar-refractivity contribution in [1.29, 1.82) is 0 Å². The molecule has 0 spiro atoms. The van der Waals surface area contributed by atoms with E-state index < -0.39 is 11.5 Å². The Morgan fingerprint density at radius 2 is 1.57 bits per heavy atom. The van der Waals surface area contributed by atoms with Crippen molar-refractivity contribution in [3.8, 4) is 17.2 Å². The maximum Gasteiger partial charge on any atom is 0.169 e. The minimum absolute atomic E-state index is 0.0234. The third-order valence-electron chi connectivity index (χ3n) is 1.88. The summed E-state index contributed by atoms with van der Waals surface area (Å²) in [5, 5.41) is 27.5. The molecule has 4 nitrogen and oxygen atoms in total. The third-order valence-corrected chi connectivity index (χ3v) is 1.88. The molecule has 0 radical (unpaired) electrons. The molecule has 76 valence electrons. The first-order valence-electron chi connectivity index (χ1n) is 4.22. The molecule has 14 heavy (non-hydrogen) atoms. The Hall–Kier alpha value is -1.71. The maximum absolute atomic E-state index is 11.5. The molecule has 3 N–H and O–H groups in total. The average Bonchev–Trinajstić information content (AvgIpc) is 2.10. The molecule has 0 saturated carbocycles. The maximum atomic E-state index is 11.5. The van der Waals surface area contributed by atoms with Gasteiger partial charge in [-0.25, -0.2) is 0 Å². The minimum atomic E-state index is -0.442. The number of Topliss-reactive ketones (excluding diaryl/α,β-unsaturated/α-hetero) is 1. The van der Waals surface area contributed by atoms with Crippen molar-refractivity contribution in [2.24, 2.45) is 5.92 Å². The number of aromatic hydroxyl groups is 3. The smallest absolute Gasteiger partial charge is 0.169 e. The van der Waals surface area contributed by atoms with Crippen LogP contribution in [0.4, 0.5) is 0 Å². The number of hydrogen-bond acceptors (Lipinski definition) is 4. The molecule has 1 rings (SSSR count). The van der Waals surface area contributed by atoms with Gasteiger partial charge in [0.1, 0.15) is 5.75 Å². The molecule has 0 fully saturated rings. The van der Waals surface area contributed by atoms with Crippen LogP contribution in [0.5, 0.6) is 17.2 Å².